The maximum absolute atomic E-state index is 12.3. The summed E-state index contributed by atoms with van der Waals surface area (Å²) in [5.74, 6) is 0.896. The van der Waals surface area contributed by atoms with Crippen molar-refractivity contribution in [2.45, 2.75) is 63.8 Å². The van der Waals surface area contributed by atoms with E-state index in [-0.39, 0.29) is 18.6 Å². The van der Waals surface area contributed by atoms with Crippen LogP contribution in [0.1, 0.15) is 57.8 Å². The van der Waals surface area contributed by atoms with Crippen LogP contribution in [-0.2, 0) is 4.79 Å². The van der Waals surface area contributed by atoms with Crippen LogP contribution in [0.5, 0.6) is 0 Å². The lowest BCUT2D eigenvalue weighted by Gasteiger charge is -2.36. The van der Waals surface area contributed by atoms with E-state index >= 15 is 0 Å². The Bertz CT molecular complexity index is 249. The van der Waals surface area contributed by atoms with E-state index in [1.807, 2.05) is 4.90 Å². The molecule has 0 aromatic rings. The molecule has 2 fully saturated rings. The highest BCUT2D eigenvalue weighted by Gasteiger charge is 2.27. The number of hydrogen-bond acceptors (Lipinski definition) is 2. The van der Waals surface area contributed by atoms with Crippen molar-refractivity contribution >= 4 is 5.91 Å². The summed E-state index contributed by atoms with van der Waals surface area (Å²) in [4.78, 5) is 14.2. The van der Waals surface area contributed by atoms with Gasteiger partial charge in [0.1, 0.15) is 0 Å². The molecule has 0 aromatic carbocycles. The number of piperidine rings is 1. The smallest absolute Gasteiger partial charge is 0.223 e. The topological polar surface area (TPSA) is 40.5 Å². The van der Waals surface area contributed by atoms with E-state index in [0.29, 0.717) is 5.92 Å². The Morgan fingerprint density at radius 2 is 1.76 bits per heavy atom. The standard InChI is InChI=1S/C14H25NO2/c16-11-13-8-4-5-9-15(13)14(17)10-12-6-2-1-3-7-12/h12-13,16H,1-11H2/t13-/m0/s1. The van der Waals surface area contributed by atoms with Gasteiger partial charge in [-0.1, -0.05) is 19.3 Å². The number of aliphatic hydroxyl groups excluding tert-OH is 1. The van der Waals surface area contributed by atoms with E-state index in [1.165, 1.54) is 32.1 Å². The van der Waals surface area contributed by atoms with Crippen LogP contribution in [0.4, 0.5) is 0 Å². The molecule has 98 valence electrons. The molecule has 2 rings (SSSR count). The molecule has 0 aromatic heterocycles. The van der Waals surface area contributed by atoms with Crippen molar-refractivity contribution in [2.24, 2.45) is 5.92 Å². The quantitative estimate of drug-likeness (QED) is 0.821. The van der Waals surface area contributed by atoms with Crippen molar-refractivity contribution in [3.05, 3.63) is 0 Å². The Labute approximate surface area is 104 Å². The van der Waals surface area contributed by atoms with Crippen molar-refractivity contribution in [3.63, 3.8) is 0 Å². The molecule has 1 saturated heterocycles. The second-order valence-electron chi connectivity index (χ2n) is 5.63. The van der Waals surface area contributed by atoms with Gasteiger partial charge in [0.05, 0.1) is 12.6 Å². The lowest BCUT2D eigenvalue weighted by Crippen LogP contribution is -2.46. The summed E-state index contributed by atoms with van der Waals surface area (Å²) >= 11 is 0. The summed E-state index contributed by atoms with van der Waals surface area (Å²) in [6.45, 7) is 0.993. The highest BCUT2D eigenvalue weighted by molar-refractivity contribution is 5.77. The second-order valence-corrected chi connectivity index (χ2v) is 5.63. The first kappa shape index (κ1) is 12.9. The number of hydrogen-bond donors (Lipinski definition) is 1. The fraction of sp³-hybridized carbons (Fsp3) is 0.929. The predicted octanol–water partition coefficient (Wildman–Crippen LogP) is 2.33. The number of aliphatic hydroxyl groups is 1. The Kier molecular flexibility index (Phi) is 4.84. The molecule has 1 N–H and O–H groups in total. The van der Waals surface area contributed by atoms with Crippen LogP contribution in [0.2, 0.25) is 0 Å². The SMILES string of the molecule is O=C(CC1CCCCC1)N1CCCC[C@H]1CO. The second kappa shape index (κ2) is 6.39. The molecule has 1 aliphatic carbocycles. The summed E-state index contributed by atoms with van der Waals surface area (Å²) in [7, 11) is 0. The van der Waals surface area contributed by atoms with Crippen LogP contribution in [0.15, 0.2) is 0 Å². The van der Waals surface area contributed by atoms with Crippen LogP contribution < -0.4 is 0 Å². The molecule has 17 heavy (non-hydrogen) atoms. The normalized spacial score (nSPS) is 27.1. The fourth-order valence-electron chi connectivity index (χ4n) is 3.27. The van der Waals surface area contributed by atoms with Crippen molar-refractivity contribution in [3.8, 4) is 0 Å². The molecule has 1 atom stereocenters. The molecule has 1 saturated carbocycles. The van der Waals surface area contributed by atoms with Gasteiger partial charge < -0.3 is 10.0 Å². The zero-order chi connectivity index (χ0) is 12.1. The van der Waals surface area contributed by atoms with Gasteiger partial charge in [-0.25, -0.2) is 0 Å². The van der Waals surface area contributed by atoms with Gasteiger partial charge in [0, 0.05) is 13.0 Å². The third-order valence-corrected chi connectivity index (χ3v) is 4.35. The molecule has 0 spiro atoms. The highest BCUT2D eigenvalue weighted by atomic mass is 16.3. The van der Waals surface area contributed by atoms with Crippen LogP contribution in [0, 0.1) is 5.92 Å². The average Bonchev–Trinajstić information content (AvgIpc) is 2.40. The highest BCUT2D eigenvalue weighted by Crippen LogP contribution is 2.28. The predicted molar refractivity (Wildman–Crippen MR) is 67.6 cm³/mol. The Balaban J connectivity index is 1.84. The van der Waals surface area contributed by atoms with Crippen molar-refractivity contribution in [1.29, 1.82) is 0 Å². The number of likely N-dealkylation sites (tertiary alicyclic amines) is 1. The van der Waals surface area contributed by atoms with Gasteiger partial charge in [-0.3, -0.25) is 4.79 Å². The molecular weight excluding hydrogens is 214 g/mol. The van der Waals surface area contributed by atoms with Gasteiger partial charge in [0.2, 0.25) is 5.91 Å². The first-order chi connectivity index (χ1) is 8.31. The summed E-state index contributed by atoms with van der Waals surface area (Å²) in [6, 6.07) is 0.0971. The third-order valence-electron chi connectivity index (χ3n) is 4.35. The number of nitrogens with zero attached hydrogens (tertiary/aromatic N) is 1. The largest absolute Gasteiger partial charge is 0.394 e. The molecule has 1 heterocycles. The third kappa shape index (κ3) is 3.44. The van der Waals surface area contributed by atoms with E-state index in [0.717, 1.165) is 32.2 Å². The minimum atomic E-state index is 0.0971. The summed E-state index contributed by atoms with van der Waals surface area (Å²) in [6.07, 6.45) is 10.3. The molecule has 1 amide bonds. The molecule has 0 bridgehead atoms. The Morgan fingerprint density at radius 3 is 2.47 bits per heavy atom. The maximum atomic E-state index is 12.3. The average molecular weight is 239 g/mol. The van der Waals surface area contributed by atoms with Crippen molar-refractivity contribution in [1.82, 2.24) is 4.90 Å². The number of amides is 1. The lowest BCUT2D eigenvalue weighted by molar-refractivity contribution is -0.137. The zero-order valence-corrected chi connectivity index (χ0v) is 10.7. The lowest BCUT2D eigenvalue weighted by atomic mass is 9.86. The minimum absolute atomic E-state index is 0.0971. The van der Waals surface area contributed by atoms with E-state index in [9.17, 15) is 9.90 Å². The summed E-state index contributed by atoms with van der Waals surface area (Å²) in [5, 5.41) is 9.32. The fourth-order valence-corrected chi connectivity index (χ4v) is 3.27. The minimum Gasteiger partial charge on any atom is -0.394 e. The van der Waals surface area contributed by atoms with Crippen molar-refractivity contribution in [2.75, 3.05) is 13.2 Å². The van der Waals surface area contributed by atoms with E-state index < -0.39 is 0 Å². The zero-order valence-electron chi connectivity index (χ0n) is 10.7. The molecule has 2 aliphatic rings. The first-order valence-corrected chi connectivity index (χ1v) is 7.21. The first-order valence-electron chi connectivity index (χ1n) is 7.21. The van der Waals surface area contributed by atoms with E-state index in [4.69, 9.17) is 0 Å². The summed E-state index contributed by atoms with van der Waals surface area (Å²) in [5.41, 5.74) is 0. The molecule has 3 nitrogen and oxygen atoms in total. The monoisotopic (exact) mass is 239 g/mol. The van der Waals surface area contributed by atoms with Crippen LogP contribution >= 0.6 is 0 Å². The van der Waals surface area contributed by atoms with Crippen LogP contribution in [0.3, 0.4) is 0 Å². The number of carbonyl (C=O) groups excluding carboxylic acids is 1. The van der Waals surface area contributed by atoms with Gasteiger partial charge in [0.15, 0.2) is 0 Å². The van der Waals surface area contributed by atoms with Gasteiger partial charge in [-0.15, -0.1) is 0 Å². The molecule has 3 heteroatoms. The number of rotatable bonds is 3. The van der Waals surface area contributed by atoms with Crippen LogP contribution in [0.25, 0.3) is 0 Å². The van der Waals surface area contributed by atoms with Gasteiger partial charge in [-0.05, 0) is 38.0 Å². The molecule has 1 aliphatic heterocycles. The van der Waals surface area contributed by atoms with E-state index in [2.05, 4.69) is 0 Å². The van der Waals surface area contributed by atoms with Crippen LogP contribution in [-0.4, -0.2) is 35.1 Å². The van der Waals surface area contributed by atoms with Gasteiger partial charge in [0.25, 0.3) is 0 Å². The Hall–Kier alpha value is -0.570. The maximum Gasteiger partial charge on any atom is 0.223 e. The van der Waals surface area contributed by atoms with Crippen molar-refractivity contribution < 1.29 is 9.90 Å². The summed E-state index contributed by atoms with van der Waals surface area (Å²) < 4.78 is 0. The van der Waals surface area contributed by atoms with Gasteiger partial charge in [-0.2, -0.15) is 0 Å². The Morgan fingerprint density at radius 1 is 1.06 bits per heavy atom. The molecular formula is C14H25NO2. The molecule has 0 unspecified atom stereocenters. The molecule has 0 radical (unpaired) electrons. The number of carbonyl (C=O) groups is 1. The van der Waals surface area contributed by atoms with E-state index in [1.54, 1.807) is 0 Å². The van der Waals surface area contributed by atoms with Gasteiger partial charge >= 0.3 is 0 Å².